The maximum atomic E-state index is 5.06. The van der Waals surface area contributed by atoms with Gasteiger partial charge in [-0.2, -0.15) is 0 Å². The Labute approximate surface area is 308 Å². The molecule has 0 saturated heterocycles. The second-order valence-corrected chi connectivity index (χ2v) is 13.4. The van der Waals surface area contributed by atoms with Crippen LogP contribution in [0.5, 0.6) is 0 Å². The highest BCUT2D eigenvalue weighted by Gasteiger charge is 2.16. The van der Waals surface area contributed by atoms with Crippen LogP contribution in [-0.2, 0) is 0 Å². The van der Waals surface area contributed by atoms with Gasteiger partial charge in [-0.1, -0.05) is 158 Å². The summed E-state index contributed by atoms with van der Waals surface area (Å²) >= 11 is 0. The van der Waals surface area contributed by atoms with E-state index in [-0.39, 0.29) is 0 Å². The predicted octanol–water partition coefficient (Wildman–Crippen LogP) is 13.1. The number of rotatable bonds is 6. The van der Waals surface area contributed by atoms with Gasteiger partial charge in [-0.05, 0) is 75.8 Å². The topological polar surface area (TPSA) is 30.7 Å². The molecule has 0 unspecified atom stereocenters. The molecule has 0 saturated carbocycles. The van der Waals surface area contributed by atoms with Gasteiger partial charge in [0.15, 0.2) is 5.82 Å². The summed E-state index contributed by atoms with van der Waals surface area (Å²) in [6.07, 6.45) is 0. The molecular weight excluding hydrogens is 643 g/mol. The van der Waals surface area contributed by atoms with Crippen LogP contribution in [0.4, 0.5) is 0 Å². The quantitative estimate of drug-likeness (QED) is 0.176. The second kappa shape index (κ2) is 12.9. The van der Waals surface area contributed by atoms with Gasteiger partial charge < -0.3 is 4.57 Å². The van der Waals surface area contributed by atoms with E-state index >= 15 is 0 Å². The number of aromatic nitrogens is 3. The third-order valence-corrected chi connectivity index (χ3v) is 10.2. The molecule has 0 atom stereocenters. The molecule has 2 aromatic heterocycles. The SMILES string of the molecule is c1ccc(-c2ccc3c(c2)c2cc(-c4ccccc4)ccc2n3-c2ccc(-c3ccc(-c4nc(-c5ccccc5)nc5ccccc45)cc3)cc2)cc1. The molecule has 3 nitrogen and oxygen atoms in total. The number of hydrogen-bond donors (Lipinski definition) is 0. The van der Waals surface area contributed by atoms with E-state index in [1.807, 2.05) is 24.3 Å². The molecule has 0 aliphatic carbocycles. The van der Waals surface area contributed by atoms with Gasteiger partial charge in [0.1, 0.15) is 0 Å². The summed E-state index contributed by atoms with van der Waals surface area (Å²) in [7, 11) is 0. The Bertz CT molecular complexity index is 2800. The van der Waals surface area contributed by atoms with E-state index in [2.05, 4.69) is 180 Å². The number of fused-ring (bicyclic) bond motifs is 4. The fraction of sp³-hybridized carbons (Fsp3) is 0. The van der Waals surface area contributed by atoms with Crippen molar-refractivity contribution in [1.82, 2.24) is 14.5 Å². The summed E-state index contributed by atoms with van der Waals surface area (Å²) in [6.45, 7) is 0. The zero-order valence-electron chi connectivity index (χ0n) is 28.9. The maximum Gasteiger partial charge on any atom is 0.160 e. The lowest BCUT2D eigenvalue weighted by Gasteiger charge is -2.11. The van der Waals surface area contributed by atoms with Crippen LogP contribution in [0.1, 0.15) is 0 Å². The fourth-order valence-corrected chi connectivity index (χ4v) is 7.56. The minimum atomic E-state index is 0.733. The van der Waals surface area contributed by atoms with Gasteiger partial charge in [0.2, 0.25) is 0 Å². The zero-order chi connectivity index (χ0) is 35.1. The normalized spacial score (nSPS) is 11.4. The molecule has 2 heterocycles. The molecular formula is C50H33N3. The first-order chi connectivity index (χ1) is 26.3. The van der Waals surface area contributed by atoms with Gasteiger partial charge in [0, 0.05) is 33.0 Å². The van der Waals surface area contributed by atoms with Crippen LogP contribution >= 0.6 is 0 Å². The van der Waals surface area contributed by atoms with E-state index in [4.69, 9.17) is 9.97 Å². The molecule has 0 spiro atoms. The van der Waals surface area contributed by atoms with Gasteiger partial charge in [-0.25, -0.2) is 9.97 Å². The van der Waals surface area contributed by atoms with E-state index in [9.17, 15) is 0 Å². The summed E-state index contributed by atoms with van der Waals surface area (Å²) in [6, 6.07) is 71.1. The van der Waals surface area contributed by atoms with Crippen molar-refractivity contribution < 1.29 is 0 Å². The van der Waals surface area contributed by atoms with Crippen molar-refractivity contribution in [1.29, 1.82) is 0 Å². The van der Waals surface area contributed by atoms with Crippen molar-refractivity contribution in [2.24, 2.45) is 0 Å². The van der Waals surface area contributed by atoms with Crippen LogP contribution in [0.2, 0.25) is 0 Å². The molecule has 10 rings (SSSR count). The van der Waals surface area contributed by atoms with Gasteiger partial charge in [-0.3, -0.25) is 0 Å². The first kappa shape index (κ1) is 30.7. The van der Waals surface area contributed by atoms with Gasteiger partial charge in [0.25, 0.3) is 0 Å². The average Bonchev–Trinajstić information content (AvgIpc) is 3.57. The van der Waals surface area contributed by atoms with E-state index in [1.165, 1.54) is 44.1 Å². The van der Waals surface area contributed by atoms with Crippen molar-refractivity contribution >= 4 is 32.7 Å². The lowest BCUT2D eigenvalue weighted by molar-refractivity contribution is 1.18. The Balaban J connectivity index is 1.03. The van der Waals surface area contributed by atoms with Gasteiger partial charge >= 0.3 is 0 Å². The molecule has 0 aliphatic heterocycles. The summed E-state index contributed by atoms with van der Waals surface area (Å²) in [5.74, 6) is 0.733. The van der Waals surface area contributed by atoms with Crippen LogP contribution in [0.25, 0.3) is 94.4 Å². The highest BCUT2D eigenvalue weighted by Crippen LogP contribution is 2.38. The lowest BCUT2D eigenvalue weighted by atomic mass is 10.0. The van der Waals surface area contributed by atoms with E-state index in [0.29, 0.717) is 0 Å². The Morgan fingerprint density at radius 1 is 0.302 bits per heavy atom. The van der Waals surface area contributed by atoms with Crippen LogP contribution in [-0.4, -0.2) is 14.5 Å². The second-order valence-electron chi connectivity index (χ2n) is 13.4. The summed E-state index contributed by atoms with van der Waals surface area (Å²) in [5.41, 5.74) is 14.6. The van der Waals surface area contributed by atoms with E-state index < -0.39 is 0 Å². The number of nitrogens with zero attached hydrogens (tertiary/aromatic N) is 3. The smallest absolute Gasteiger partial charge is 0.160 e. The van der Waals surface area contributed by atoms with E-state index in [1.54, 1.807) is 0 Å². The molecule has 3 heteroatoms. The van der Waals surface area contributed by atoms with Crippen LogP contribution in [0, 0.1) is 0 Å². The zero-order valence-corrected chi connectivity index (χ0v) is 28.9. The molecule has 0 radical (unpaired) electrons. The summed E-state index contributed by atoms with van der Waals surface area (Å²) < 4.78 is 2.39. The summed E-state index contributed by atoms with van der Waals surface area (Å²) in [5, 5.41) is 3.53. The molecule has 0 bridgehead atoms. The molecule has 0 fully saturated rings. The first-order valence-corrected chi connectivity index (χ1v) is 18.0. The lowest BCUT2D eigenvalue weighted by Crippen LogP contribution is -1.95. The third kappa shape index (κ3) is 5.56. The number of hydrogen-bond acceptors (Lipinski definition) is 2. The third-order valence-electron chi connectivity index (χ3n) is 10.2. The summed E-state index contributed by atoms with van der Waals surface area (Å²) in [4.78, 5) is 9.95. The Morgan fingerprint density at radius 2 is 0.736 bits per heavy atom. The molecule has 0 amide bonds. The van der Waals surface area contributed by atoms with Crippen LogP contribution in [0.15, 0.2) is 200 Å². The molecule has 8 aromatic carbocycles. The average molecular weight is 676 g/mol. The Kier molecular flexibility index (Phi) is 7.47. The van der Waals surface area contributed by atoms with Crippen molar-refractivity contribution in [2.75, 3.05) is 0 Å². The van der Waals surface area contributed by atoms with Crippen molar-refractivity contribution in [3.63, 3.8) is 0 Å². The molecule has 10 aromatic rings. The fourth-order valence-electron chi connectivity index (χ4n) is 7.56. The van der Waals surface area contributed by atoms with Gasteiger partial charge in [0.05, 0.1) is 22.2 Å². The highest BCUT2D eigenvalue weighted by molar-refractivity contribution is 6.11. The molecule has 0 N–H and O–H groups in total. The minimum Gasteiger partial charge on any atom is -0.309 e. The maximum absolute atomic E-state index is 5.06. The Morgan fingerprint density at radius 3 is 1.30 bits per heavy atom. The van der Waals surface area contributed by atoms with Crippen molar-refractivity contribution in [3.05, 3.63) is 200 Å². The molecule has 53 heavy (non-hydrogen) atoms. The van der Waals surface area contributed by atoms with Crippen LogP contribution < -0.4 is 0 Å². The standard InChI is InChI=1S/C50H33N3/c1-4-12-34(13-5-1)40-26-30-47-44(32-40)45-33-41(35-14-6-2-7-15-35)27-31-48(45)53(47)42-28-24-37(25-29-42)36-20-22-38(23-21-36)49-43-18-10-11-19-46(43)51-50(52-49)39-16-8-3-9-17-39/h1-33H. The molecule has 248 valence electrons. The predicted molar refractivity (Wildman–Crippen MR) is 221 cm³/mol. The van der Waals surface area contributed by atoms with Crippen LogP contribution in [0.3, 0.4) is 0 Å². The number of para-hydroxylation sites is 1. The first-order valence-electron chi connectivity index (χ1n) is 18.0. The number of benzene rings is 8. The largest absolute Gasteiger partial charge is 0.309 e. The van der Waals surface area contributed by atoms with Crippen molar-refractivity contribution in [2.45, 2.75) is 0 Å². The monoisotopic (exact) mass is 675 g/mol. The van der Waals surface area contributed by atoms with Crippen molar-refractivity contribution in [3.8, 4) is 61.7 Å². The minimum absolute atomic E-state index is 0.733. The molecule has 0 aliphatic rings. The van der Waals surface area contributed by atoms with Gasteiger partial charge in [-0.15, -0.1) is 0 Å². The van der Waals surface area contributed by atoms with E-state index in [0.717, 1.165) is 50.4 Å². The Hall–Kier alpha value is -7.10. The highest BCUT2D eigenvalue weighted by atomic mass is 15.0.